The van der Waals surface area contributed by atoms with E-state index in [1.54, 1.807) is 4.90 Å². The van der Waals surface area contributed by atoms with Crippen LogP contribution < -0.4 is 0 Å². The molecule has 0 aromatic carbocycles. The first kappa shape index (κ1) is 18.5. The van der Waals surface area contributed by atoms with Crippen LogP contribution in [-0.2, 0) is 22.2 Å². The molecule has 1 fully saturated rings. The molecule has 3 heterocycles. The maximum absolute atomic E-state index is 12.8. The molecule has 10 heteroatoms. The molecular formula is C16H15ClF3N3O3. The molecule has 26 heavy (non-hydrogen) atoms. The zero-order valence-electron chi connectivity index (χ0n) is 13.5. The number of pyridine rings is 1. The molecule has 1 amide bonds. The number of nitrogens with zero attached hydrogens (tertiary/aromatic N) is 3. The van der Waals surface area contributed by atoms with Gasteiger partial charge in [0.15, 0.2) is 5.65 Å². The van der Waals surface area contributed by atoms with Gasteiger partial charge in [0.2, 0.25) is 5.91 Å². The van der Waals surface area contributed by atoms with E-state index in [4.69, 9.17) is 16.7 Å². The molecule has 0 bridgehead atoms. The second kappa shape index (κ2) is 6.79. The highest BCUT2D eigenvalue weighted by molar-refractivity contribution is 6.33. The van der Waals surface area contributed by atoms with Gasteiger partial charge in [-0.05, 0) is 18.9 Å². The van der Waals surface area contributed by atoms with Crippen molar-refractivity contribution in [2.45, 2.75) is 25.4 Å². The highest BCUT2D eigenvalue weighted by Crippen LogP contribution is 2.32. The molecule has 2 aromatic rings. The molecule has 1 saturated heterocycles. The van der Waals surface area contributed by atoms with E-state index in [1.807, 2.05) is 0 Å². The van der Waals surface area contributed by atoms with Crippen LogP contribution in [0.5, 0.6) is 0 Å². The van der Waals surface area contributed by atoms with E-state index in [1.165, 1.54) is 6.20 Å². The minimum atomic E-state index is -4.54. The molecule has 1 N–H and O–H groups in total. The second-order valence-electron chi connectivity index (χ2n) is 6.21. The molecule has 6 nitrogen and oxygen atoms in total. The maximum atomic E-state index is 12.8. The van der Waals surface area contributed by atoms with Crippen molar-refractivity contribution in [3.8, 4) is 0 Å². The number of aromatic nitrogens is 2. The highest BCUT2D eigenvalue weighted by Gasteiger charge is 2.32. The number of carbonyl (C=O) groups is 2. The number of amides is 1. The van der Waals surface area contributed by atoms with Gasteiger partial charge in [0.1, 0.15) is 0 Å². The molecule has 0 spiro atoms. The third-order valence-electron chi connectivity index (χ3n) is 4.41. The van der Waals surface area contributed by atoms with Crippen LogP contribution in [0.4, 0.5) is 13.2 Å². The van der Waals surface area contributed by atoms with Crippen LogP contribution in [0.2, 0.25) is 5.02 Å². The first-order chi connectivity index (χ1) is 12.1. The summed E-state index contributed by atoms with van der Waals surface area (Å²) in [6.07, 6.45) is -1.64. The minimum absolute atomic E-state index is 0.0862. The average Bonchev–Trinajstić information content (AvgIpc) is 2.97. The molecule has 0 unspecified atom stereocenters. The SMILES string of the molecule is O=C(O)C1CCN(C(=O)Cc2cn3cc(C(F)(F)F)cc(Cl)c3n2)CC1. The predicted octanol–water partition coefficient (Wildman–Crippen LogP) is 2.87. The first-order valence-corrected chi connectivity index (χ1v) is 8.28. The Morgan fingerprint density at radius 3 is 2.50 bits per heavy atom. The smallest absolute Gasteiger partial charge is 0.417 e. The number of carboxylic acid groups (broad SMARTS) is 1. The van der Waals surface area contributed by atoms with Gasteiger partial charge >= 0.3 is 12.1 Å². The van der Waals surface area contributed by atoms with Gasteiger partial charge in [-0.2, -0.15) is 13.2 Å². The number of imidazole rings is 1. The Morgan fingerprint density at radius 2 is 1.92 bits per heavy atom. The van der Waals surface area contributed by atoms with Crippen molar-refractivity contribution in [1.29, 1.82) is 0 Å². The number of fused-ring (bicyclic) bond motifs is 1. The predicted molar refractivity (Wildman–Crippen MR) is 85.8 cm³/mol. The summed E-state index contributed by atoms with van der Waals surface area (Å²) in [5.74, 6) is -1.56. The number of likely N-dealkylation sites (tertiary alicyclic amines) is 1. The van der Waals surface area contributed by atoms with E-state index in [0.717, 1.165) is 16.7 Å². The van der Waals surface area contributed by atoms with Crippen LogP contribution in [-0.4, -0.2) is 44.4 Å². The molecule has 140 valence electrons. The molecule has 1 aliphatic heterocycles. The van der Waals surface area contributed by atoms with E-state index in [0.29, 0.717) is 31.6 Å². The van der Waals surface area contributed by atoms with Crippen LogP contribution in [0.15, 0.2) is 18.5 Å². The number of alkyl halides is 3. The van der Waals surface area contributed by atoms with Gasteiger partial charge < -0.3 is 14.4 Å². The average molecular weight is 390 g/mol. The molecule has 2 aromatic heterocycles. The van der Waals surface area contributed by atoms with Gasteiger partial charge in [0.05, 0.1) is 28.6 Å². The number of hydrogen-bond acceptors (Lipinski definition) is 3. The summed E-state index contributed by atoms with van der Waals surface area (Å²) in [5.41, 5.74) is -0.454. The number of halogens is 4. The quantitative estimate of drug-likeness (QED) is 0.876. The van der Waals surface area contributed by atoms with Crippen LogP contribution in [0, 0.1) is 5.92 Å². The topological polar surface area (TPSA) is 74.9 Å². The molecule has 0 atom stereocenters. The first-order valence-electron chi connectivity index (χ1n) is 7.90. The largest absolute Gasteiger partial charge is 0.481 e. The van der Waals surface area contributed by atoms with Crippen LogP contribution in [0.25, 0.3) is 5.65 Å². The fraction of sp³-hybridized carbons (Fsp3) is 0.438. The molecule has 0 radical (unpaired) electrons. The van der Waals surface area contributed by atoms with Crippen LogP contribution >= 0.6 is 11.6 Å². The van der Waals surface area contributed by atoms with E-state index >= 15 is 0 Å². The van der Waals surface area contributed by atoms with Crippen molar-refractivity contribution in [3.63, 3.8) is 0 Å². The Morgan fingerprint density at radius 1 is 1.27 bits per heavy atom. The van der Waals surface area contributed by atoms with Crippen LogP contribution in [0.3, 0.4) is 0 Å². The monoisotopic (exact) mass is 389 g/mol. The molecule has 0 saturated carbocycles. The van der Waals surface area contributed by atoms with Crippen molar-refractivity contribution in [1.82, 2.24) is 14.3 Å². The Bertz CT molecular complexity index is 858. The van der Waals surface area contributed by atoms with Gasteiger partial charge in [-0.3, -0.25) is 9.59 Å². The minimum Gasteiger partial charge on any atom is -0.481 e. The third-order valence-corrected chi connectivity index (χ3v) is 4.69. The van der Waals surface area contributed by atoms with E-state index in [-0.39, 0.29) is 23.0 Å². The van der Waals surface area contributed by atoms with Gasteiger partial charge in [0.25, 0.3) is 0 Å². The number of carbonyl (C=O) groups excluding carboxylic acids is 1. The fourth-order valence-corrected chi connectivity index (χ4v) is 3.25. The lowest BCUT2D eigenvalue weighted by atomic mass is 9.97. The molecule has 0 aliphatic carbocycles. The molecule has 3 rings (SSSR count). The number of hydrogen-bond donors (Lipinski definition) is 1. The Balaban J connectivity index is 1.74. The van der Waals surface area contributed by atoms with E-state index in [2.05, 4.69) is 4.98 Å². The second-order valence-corrected chi connectivity index (χ2v) is 6.61. The lowest BCUT2D eigenvalue weighted by Crippen LogP contribution is -2.41. The normalized spacial score (nSPS) is 16.2. The molecular weight excluding hydrogens is 375 g/mol. The van der Waals surface area contributed by atoms with E-state index in [9.17, 15) is 22.8 Å². The highest BCUT2D eigenvalue weighted by atomic mass is 35.5. The van der Waals surface area contributed by atoms with Crippen LogP contribution in [0.1, 0.15) is 24.1 Å². The summed E-state index contributed by atoms with van der Waals surface area (Å²) >= 11 is 5.88. The van der Waals surface area contributed by atoms with Crippen molar-refractivity contribution in [3.05, 3.63) is 34.7 Å². The number of piperidine rings is 1. The number of carboxylic acids is 1. The lowest BCUT2D eigenvalue weighted by Gasteiger charge is -2.30. The summed E-state index contributed by atoms with van der Waals surface area (Å²) < 4.78 is 39.7. The summed E-state index contributed by atoms with van der Waals surface area (Å²) in [4.78, 5) is 29.0. The van der Waals surface area contributed by atoms with Gasteiger partial charge in [0, 0.05) is 25.5 Å². The summed E-state index contributed by atoms with van der Waals surface area (Å²) in [7, 11) is 0. The zero-order valence-corrected chi connectivity index (χ0v) is 14.2. The Kier molecular flexibility index (Phi) is 4.83. The Hall–Kier alpha value is -2.29. The number of rotatable bonds is 3. The third kappa shape index (κ3) is 3.77. The van der Waals surface area contributed by atoms with Gasteiger partial charge in [-0.15, -0.1) is 0 Å². The van der Waals surface area contributed by atoms with Crippen molar-refractivity contribution >= 4 is 29.1 Å². The maximum Gasteiger partial charge on any atom is 0.417 e. The van der Waals surface area contributed by atoms with E-state index < -0.39 is 23.6 Å². The van der Waals surface area contributed by atoms with Crippen molar-refractivity contribution in [2.75, 3.05) is 13.1 Å². The summed E-state index contributed by atoms with van der Waals surface area (Å²) in [6, 6.07) is 0.798. The number of aliphatic carboxylic acids is 1. The summed E-state index contributed by atoms with van der Waals surface area (Å²) in [5, 5.41) is 8.82. The van der Waals surface area contributed by atoms with Gasteiger partial charge in [-0.25, -0.2) is 4.98 Å². The molecule has 1 aliphatic rings. The summed E-state index contributed by atoms with van der Waals surface area (Å²) in [6.45, 7) is 0.671. The van der Waals surface area contributed by atoms with Gasteiger partial charge in [-0.1, -0.05) is 11.6 Å². The fourth-order valence-electron chi connectivity index (χ4n) is 2.99. The zero-order chi connectivity index (χ0) is 19.1. The lowest BCUT2D eigenvalue weighted by molar-refractivity contribution is -0.145. The Labute approximate surface area is 151 Å². The standard InChI is InChI=1S/C16H15ClF3N3O3/c17-12-5-10(16(18,19)20)7-23-8-11(21-14(12)23)6-13(24)22-3-1-9(2-4-22)15(25)26/h5,7-9H,1-4,6H2,(H,25,26). The van der Waals surface area contributed by atoms with Crippen molar-refractivity contribution in [2.24, 2.45) is 5.92 Å². The van der Waals surface area contributed by atoms with Crippen molar-refractivity contribution < 1.29 is 27.9 Å².